The fourth-order valence-corrected chi connectivity index (χ4v) is 3.43. The van der Waals surface area contributed by atoms with Gasteiger partial charge < -0.3 is 24.6 Å². The predicted molar refractivity (Wildman–Crippen MR) is 133 cm³/mol. The van der Waals surface area contributed by atoms with Gasteiger partial charge in [0.1, 0.15) is 5.75 Å². The first-order chi connectivity index (χ1) is 14.2. The number of benzene rings is 1. The Hall–Kier alpha value is -1.71. The third-order valence-electron chi connectivity index (χ3n) is 5.11. The number of guanidine groups is 1. The highest BCUT2D eigenvalue weighted by Gasteiger charge is 2.20. The zero-order valence-corrected chi connectivity index (χ0v) is 20.9. The van der Waals surface area contributed by atoms with E-state index in [-0.39, 0.29) is 29.9 Å². The molecule has 170 valence electrons. The summed E-state index contributed by atoms with van der Waals surface area (Å²) in [5.74, 6) is 1.78. The van der Waals surface area contributed by atoms with E-state index in [1.165, 1.54) is 12.8 Å². The Labute approximate surface area is 198 Å². The summed E-state index contributed by atoms with van der Waals surface area (Å²) in [5.41, 5.74) is 1.21. The number of carbonyl (C=O) groups is 1. The van der Waals surface area contributed by atoms with E-state index in [9.17, 15) is 4.79 Å². The van der Waals surface area contributed by atoms with Gasteiger partial charge in [-0.05, 0) is 31.9 Å². The van der Waals surface area contributed by atoms with Gasteiger partial charge in [-0.3, -0.25) is 9.79 Å². The largest absolute Gasteiger partial charge is 0.497 e. The zero-order chi connectivity index (χ0) is 20.9. The van der Waals surface area contributed by atoms with Crippen LogP contribution in [-0.2, 0) is 9.53 Å². The molecule has 1 heterocycles. The first kappa shape index (κ1) is 26.3. The van der Waals surface area contributed by atoms with Crippen LogP contribution in [0.3, 0.4) is 0 Å². The van der Waals surface area contributed by atoms with Gasteiger partial charge in [-0.25, -0.2) is 0 Å². The van der Waals surface area contributed by atoms with E-state index in [1.54, 1.807) is 7.11 Å². The number of hydrogen-bond donors (Lipinski definition) is 1. The summed E-state index contributed by atoms with van der Waals surface area (Å²) in [6.45, 7) is 7.61. The fourth-order valence-electron chi connectivity index (χ4n) is 3.43. The number of unbranched alkanes of at least 4 members (excludes halogenated alkanes) is 3. The monoisotopic (exact) mass is 532 g/mol. The Kier molecular flexibility index (Phi) is 13.3. The van der Waals surface area contributed by atoms with Crippen molar-refractivity contribution in [1.82, 2.24) is 10.2 Å². The highest BCUT2D eigenvalue weighted by Crippen LogP contribution is 2.22. The van der Waals surface area contributed by atoms with Gasteiger partial charge in [-0.1, -0.05) is 18.9 Å². The fraction of sp³-hybridized carbons (Fsp3) is 0.636. The molecule has 0 spiro atoms. The van der Waals surface area contributed by atoms with Crippen molar-refractivity contribution in [3.63, 3.8) is 0 Å². The molecule has 0 aromatic heterocycles. The van der Waals surface area contributed by atoms with Gasteiger partial charge in [0.15, 0.2) is 5.96 Å². The maximum absolute atomic E-state index is 11.1. The van der Waals surface area contributed by atoms with Gasteiger partial charge in [0.25, 0.3) is 0 Å². The first-order valence-electron chi connectivity index (χ1n) is 10.7. The van der Waals surface area contributed by atoms with Crippen molar-refractivity contribution in [1.29, 1.82) is 0 Å². The summed E-state index contributed by atoms with van der Waals surface area (Å²) < 4.78 is 10.0. The van der Waals surface area contributed by atoms with Crippen LogP contribution in [0.2, 0.25) is 0 Å². The summed E-state index contributed by atoms with van der Waals surface area (Å²) in [7, 11) is 3.14. The molecule has 1 saturated heterocycles. The Morgan fingerprint density at radius 3 is 2.50 bits per heavy atom. The van der Waals surface area contributed by atoms with Crippen LogP contribution < -0.4 is 15.0 Å². The minimum absolute atomic E-state index is 0. The van der Waals surface area contributed by atoms with E-state index >= 15 is 0 Å². The van der Waals surface area contributed by atoms with E-state index in [0.717, 1.165) is 76.7 Å². The number of methoxy groups -OCH3 is 2. The van der Waals surface area contributed by atoms with Gasteiger partial charge in [-0.2, -0.15) is 0 Å². The van der Waals surface area contributed by atoms with Crippen LogP contribution >= 0.6 is 24.0 Å². The minimum Gasteiger partial charge on any atom is -0.497 e. The van der Waals surface area contributed by atoms with Crippen LogP contribution in [0.1, 0.15) is 39.0 Å². The molecule has 0 amide bonds. The summed E-state index contributed by atoms with van der Waals surface area (Å²) >= 11 is 0. The van der Waals surface area contributed by atoms with Gasteiger partial charge in [0.2, 0.25) is 0 Å². The van der Waals surface area contributed by atoms with Crippen LogP contribution in [0.5, 0.6) is 5.75 Å². The molecule has 1 N–H and O–H groups in total. The molecule has 0 radical (unpaired) electrons. The molecule has 0 unspecified atom stereocenters. The molecule has 1 aliphatic rings. The van der Waals surface area contributed by atoms with Crippen LogP contribution in [0.4, 0.5) is 5.69 Å². The van der Waals surface area contributed by atoms with E-state index in [4.69, 9.17) is 9.73 Å². The molecule has 7 nitrogen and oxygen atoms in total. The van der Waals surface area contributed by atoms with E-state index in [2.05, 4.69) is 38.9 Å². The topological polar surface area (TPSA) is 66.4 Å². The second-order valence-electron chi connectivity index (χ2n) is 7.15. The first-order valence-corrected chi connectivity index (χ1v) is 10.7. The normalized spacial score (nSPS) is 14.2. The van der Waals surface area contributed by atoms with E-state index in [0.29, 0.717) is 6.42 Å². The van der Waals surface area contributed by atoms with Crippen molar-refractivity contribution in [2.45, 2.75) is 39.0 Å². The van der Waals surface area contributed by atoms with Crippen molar-refractivity contribution in [3.8, 4) is 5.75 Å². The van der Waals surface area contributed by atoms with Crippen molar-refractivity contribution >= 4 is 41.6 Å². The molecular weight excluding hydrogens is 495 g/mol. The average molecular weight is 532 g/mol. The molecule has 30 heavy (non-hydrogen) atoms. The van der Waals surface area contributed by atoms with Crippen molar-refractivity contribution < 1.29 is 14.3 Å². The molecule has 0 bridgehead atoms. The van der Waals surface area contributed by atoms with Gasteiger partial charge >= 0.3 is 5.97 Å². The van der Waals surface area contributed by atoms with Gasteiger partial charge in [0, 0.05) is 57.4 Å². The highest BCUT2D eigenvalue weighted by atomic mass is 127. The lowest BCUT2D eigenvalue weighted by Crippen LogP contribution is -2.52. The van der Waals surface area contributed by atoms with Gasteiger partial charge in [-0.15, -0.1) is 24.0 Å². The number of hydrogen-bond acceptors (Lipinski definition) is 5. The van der Waals surface area contributed by atoms with Crippen LogP contribution in [0.15, 0.2) is 29.3 Å². The number of halogens is 1. The standard InChI is InChI=1S/C22H36N4O3.HI/c1-4-23-22(24-13-8-6-5-7-12-21(27)29-3)26-16-14-25(15-17-26)19-10-9-11-20(18-19)28-2;/h9-11,18H,4-8,12-17H2,1-3H3,(H,23,24);1H. The molecule has 1 aromatic rings. The van der Waals surface area contributed by atoms with Crippen molar-refractivity contribution in [2.75, 3.05) is 58.4 Å². The minimum atomic E-state index is -0.120. The quantitative estimate of drug-likeness (QED) is 0.164. The summed E-state index contributed by atoms with van der Waals surface area (Å²) in [4.78, 5) is 20.7. The molecule has 1 aromatic carbocycles. The Balaban J connectivity index is 0.00000450. The number of esters is 1. The number of aliphatic imine (C=N–C) groups is 1. The molecular formula is C22H37IN4O3. The summed E-state index contributed by atoms with van der Waals surface area (Å²) in [5, 5.41) is 3.43. The number of nitrogens with one attached hydrogen (secondary N) is 1. The maximum atomic E-state index is 11.1. The van der Waals surface area contributed by atoms with Gasteiger partial charge in [0.05, 0.1) is 14.2 Å². The molecule has 0 atom stereocenters. The number of ether oxygens (including phenoxy) is 2. The number of nitrogens with zero attached hydrogens (tertiary/aromatic N) is 3. The van der Waals surface area contributed by atoms with Crippen LogP contribution in [0, 0.1) is 0 Å². The van der Waals surface area contributed by atoms with Crippen molar-refractivity contribution in [3.05, 3.63) is 24.3 Å². The number of rotatable bonds is 10. The van der Waals surface area contributed by atoms with E-state index < -0.39 is 0 Å². The maximum Gasteiger partial charge on any atom is 0.305 e. The Morgan fingerprint density at radius 1 is 1.10 bits per heavy atom. The molecule has 1 fully saturated rings. The Bertz CT molecular complexity index is 649. The Morgan fingerprint density at radius 2 is 1.83 bits per heavy atom. The van der Waals surface area contributed by atoms with Crippen LogP contribution in [0.25, 0.3) is 0 Å². The molecule has 2 rings (SSSR count). The summed E-state index contributed by atoms with van der Waals surface area (Å²) in [6, 6.07) is 8.25. The average Bonchev–Trinajstić information content (AvgIpc) is 2.77. The molecule has 0 saturated carbocycles. The van der Waals surface area contributed by atoms with Crippen molar-refractivity contribution in [2.24, 2.45) is 4.99 Å². The molecule has 8 heteroatoms. The highest BCUT2D eigenvalue weighted by molar-refractivity contribution is 14.0. The lowest BCUT2D eigenvalue weighted by molar-refractivity contribution is -0.140. The number of carbonyl (C=O) groups excluding carboxylic acids is 1. The lowest BCUT2D eigenvalue weighted by Gasteiger charge is -2.37. The number of piperazine rings is 1. The molecule has 0 aliphatic carbocycles. The predicted octanol–water partition coefficient (Wildman–Crippen LogP) is 3.52. The SMILES string of the molecule is CCNC(=NCCCCCCC(=O)OC)N1CCN(c2cccc(OC)c2)CC1.I. The van der Waals surface area contributed by atoms with E-state index in [1.807, 2.05) is 12.1 Å². The lowest BCUT2D eigenvalue weighted by atomic mass is 10.1. The second-order valence-corrected chi connectivity index (χ2v) is 7.15. The second kappa shape index (κ2) is 15.1. The summed E-state index contributed by atoms with van der Waals surface area (Å²) in [6.07, 6.45) is 4.58. The van der Waals surface area contributed by atoms with Crippen LogP contribution in [-0.4, -0.2) is 70.3 Å². The molecule has 1 aliphatic heterocycles. The number of anilines is 1. The third-order valence-corrected chi connectivity index (χ3v) is 5.11. The third kappa shape index (κ3) is 8.97. The zero-order valence-electron chi connectivity index (χ0n) is 18.6. The smallest absolute Gasteiger partial charge is 0.305 e.